The summed E-state index contributed by atoms with van der Waals surface area (Å²) in [4.78, 5) is 12.2. The van der Waals surface area contributed by atoms with E-state index in [1.165, 1.54) is 12.1 Å². The minimum atomic E-state index is -0.513. The van der Waals surface area contributed by atoms with Gasteiger partial charge in [-0.1, -0.05) is 0 Å². The molecule has 0 aliphatic carbocycles. The first kappa shape index (κ1) is 13.8. The Morgan fingerprint density at radius 3 is 2.18 bits per heavy atom. The molecule has 3 aromatic rings. The fourth-order valence-electron chi connectivity index (χ4n) is 2.45. The van der Waals surface area contributed by atoms with Crippen molar-refractivity contribution in [3.05, 3.63) is 46.1 Å². The second kappa shape index (κ2) is 4.70. The van der Waals surface area contributed by atoms with Crippen LogP contribution in [0.3, 0.4) is 0 Å². The van der Waals surface area contributed by atoms with Gasteiger partial charge in [0, 0.05) is 24.3 Å². The number of benzene rings is 2. The molecule has 3 rings (SSSR count). The molecule has 4 N–H and O–H groups in total. The van der Waals surface area contributed by atoms with Gasteiger partial charge in [-0.15, -0.1) is 0 Å². The Bertz CT molecular complexity index is 932. The summed E-state index contributed by atoms with van der Waals surface area (Å²) in [6.45, 7) is 1.64. The Kier molecular flexibility index (Phi) is 2.95. The van der Waals surface area contributed by atoms with E-state index >= 15 is 0 Å². The molecular weight excluding hydrogens is 288 g/mol. The molecule has 0 spiro atoms. The predicted octanol–water partition coefficient (Wildman–Crippen LogP) is 2.59. The highest BCUT2D eigenvalue weighted by Crippen LogP contribution is 2.37. The molecule has 0 saturated heterocycles. The molecule has 112 valence electrons. The van der Waals surface area contributed by atoms with Gasteiger partial charge >= 0.3 is 0 Å². The summed E-state index contributed by atoms with van der Waals surface area (Å²) in [6, 6.07) is 5.93. The summed E-state index contributed by atoms with van der Waals surface area (Å²) in [5.74, 6) is -0.932. The molecule has 0 atom stereocenters. The Hall–Kier alpha value is -3.15. The molecule has 0 amide bonds. The van der Waals surface area contributed by atoms with Gasteiger partial charge in [0.25, 0.3) is 0 Å². The van der Waals surface area contributed by atoms with Crippen LogP contribution in [-0.2, 0) is 0 Å². The average molecular weight is 300 g/mol. The molecular formula is C16H12O6. The van der Waals surface area contributed by atoms with Gasteiger partial charge in [0.15, 0.2) is 5.43 Å². The van der Waals surface area contributed by atoms with Crippen molar-refractivity contribution in [3.63, 3.8) is 0 Å². The van der Waals surface area contributed by atoms with E-state index in [0.717, 1.165) is 18.2 Å². The topological polar surface area (TPSA) is 111 Å². The highest BCUT2D eigenvalue weighted by Gasteiger charge is 2.16. The number of hydrogen-bond donors (Lipinski definition) is 4. The van der Waals surface area contributed by atoms with Crippen LogP contribution >= 0.6 is 0 Å². The molecule has 22 heavy (non-hydrogen) atoms. The van der Waals surface area contributed by atoms with Gasteiger partial charge < -0.3 is 24.8 Å². The van der Waals surface area contributed by atoms with E-state index in [9.17, 15) is 25.2 Å². The van der Waals surface area contributed by atoms with Gasteiger partial charge in [0.05, 0.1) is 5.56 Å². The third-order valence-corrected chi connectivity index (χ3v) is 3.34. The molecule has 0 radical (unpaired) electrons. The first-order valence-corrected chi connectivity index (χ1v) is 6.39. The van der Waals surface area contributed by atoms with Crippen molar-refractivity contribution in [2.24, 2.45) is 0 Å². The number of aromatic hydroxyl groups is 4. The molecule has 1 heterocycles. The second-order valence-electron chi connectivity index (χ2n) is 4.97. The van der Waals surface area contributed by atoms with Gasteiger partial charge in [-0.25, -0.2) is 0 Å². The minimum absolute atomic E-state index is 0.00752. The normalized spacial score (nSPS) is 11.0. The fraction of sp³-hybridized carbons (Fsp3) is 0.0625. The van der Waals surface area contributed by atoms with Crippen LogP contribution in [0.2, 0.25) is 0 Å². The maximum atomic E-state index is 12.2. The first-order valence-electron chi connectivity index (χ1n) is 6.39. The van der Waals surface area contributed by atoms with Crippen molar-refractivity contribution in [3.8, 4) is 34.3 Å². The van der Waals surface area contributed by atoms with E-state index in [1.807, 2.05) is 0 Å². The Morgan fingerprint density at radius 1 is 0.864 bits per heavy atom. The van der Waals surface area contributed by atoms with E-state index in [0.29, 0.717) is 5.56 Å². The van der Waals surface area contributed by atoms with Crippen LogP contribution in [0.25, 0.3) is 22.3 Å². The van der Waals surface area contributed by atoms with E-state index in [2.05, 4.69) is 0 Å². The summed E-state index contributed by atoms with van der Waals surface area (Å²) in [5, 5.41) is 38.6. The quantitative estimate of drug-likeness (QED) is 0.549. The largest absolute Gasteiger partial charge is 0.508 e. The summed E-state index contributed by atoms with van der Waals surface area (Å²) in [6.07, 6.45) is 0. The molecule has 0 aliphatic heterocycles. The number of aryl methyl sites for hydroxylation is 1. The highest BCUT2D eigenvalue weighted by atomic mass is 16.3. The zero-order valence-corrected chi connectivity index (χ0v) is 11.5. The molecule has 0 bridgehead atoms. The third-order valence-electron chi connectivity index (χ3n) is 3.34. The fourth-order valence-corrected chi connectivity index (χ4v) is 2.45. The Morgan fingerprint density at radius 2 is 1.50 bits per heavy atom. The SMILES string of the molecule is Cc1cc(O)cc(O)c1-c1cc(=O)c2c(O)cc(O)cc2o1. The summed E-state index contributed by atoms with van der Waals surface area (Å²) in [5.41, 5.74) is 0.233. The number of fused-ring (bicyclic) bond motifs is 1. The number of phenolic OH excluding ortho intramolecular Hbond substituents is 4. The van der Waals surface area contributed by atoms with Gasteiger partial charge in [0.1, 0.15) is 39.7 Å². The van der Waals surface area contributed by atoms with Crippen LogP contribution < -0.4 is 5.43 Å². The average Bonchev–Trinajstić information content (AvgIpc) is 2.35. The summed E-state index contributed by atoms with van der Waals surface area (Å²) >= 11 is 0. The molecule has 2 aromatic carbocycles. The van der Waals surface area contributed by atoms with Gasteiger partial charge in [0.2, 0.25) is 0 Å². The van der Waals surface area contributed by atoms with E-state index in [1.54, 1.807) is 6.92 Å². The molecule has 1 aromatic heterocycles. The van der Waals surface area contributed by atoms with Crippen LogP contribution in [0.5, 0.6) is 23.0 Å². The van der Waals surface area contributed by atoms with Crippen molar-refractivity contribution >= 4 is 11.0 Å². The van der Waals surface area contributed by atoms with Gasteiger partial charge in [-0.2, -0.15) is 0 Å². The maximum absolute atomic E-state index is 12.2. The third kappa shape index (κ3) is 2.10. The van der Waals surface area contributed by atoms with Gasteiger partial charge in [-0.3, -0.25) is 4.79 Å². The first-order chi connectivity index (χ1) is 10.4. The second-order valence-corrected chi connectivity index (χ2v) is 4.97. The number of hydrogen-bond acceptors (Lipinski definition) is 6. The van der Waals surface area contributed by atoms with Crippen LogP contribution in [0.15, 0.2) is 39.5 Å². The van der Waals surface area contributed by atoms with E-state index < -0.39 is 5.43 Å². The lowest BCUT2D eigenvalue weighted by Crippen LogP contribution is -2.01. The van der Waals surface area contributed by atoms with Crippen molar-refractivity contribution in [1.29, 1.82) is 0 Å². The number of rotatable bonds is 1. The highest BCUT2D eigenvalue weighted by molar-refractivity contribution is 5.86. The summed E-state index contributed by atoms with van der Waals surface area (Å²) in [7, 11) is 0. The standard InChI is InChI=1S/C16H12O6/c1-7-2-8(17)3-10(19)15(7)14-6-12(21)16-11(20)4-9(18)5-13(16)22-14/h2-6,17-20H,1H3. The number of phenols is 4. The lowest BCUT2D eigenvalue weighted by atomic mass is 10.0. The van der Waals surface area contributed by atoms with Crippen LogP contribution in [-0.4, -0.2) is 20.4 Å². The predicted molar refractivity (Wildman–Crippen MR) is 79.3 cm³/mol. The molecule has 0 aliphatic rings. The van der Waals surface area contributed by atoms with E-state index in [4.69, 9.17) is 4.42 Å². The van der Waals surface area contributed by atoms with E-state index in [-0.39, 0.29) is 45.3 Å². The maximum Gasteiger partial charge on any atom is 0.197 e. The lowest BCUT2D eigenvalue weighted by molar-refractivity contribution is 0.449. The zero-order valence-electron chi connectivity index (χ0n) is 11.5. The van der Waals surface area contributed by atoms with Crippen molar-refractivity contribution < 1.29 is 24.8 Å². The smallest absolute Gasteiger partial charge is 0.197 e. The van der Waals surface area contributed by atoms with Crippen molar-refractivity contribution in [2.45, 2.75) is 6.92 Å². The Labute approximate surface area is 124 Å². The van der Waals surface area contributed by atoms with Crippen LogP contribution in [0, 0.1) is 6.92 Å². The van der Waals surface area contributed by atoms with Crippen molar-refractivity contribution in [2.75, 3.05) is 0 Å². The minimum Gasteiger partial charge on any atom is -0.508 e. The molecule has 0 saturated carbocycles. The molecule has 6 nitrogen and oxygen atoms in total. The molecule has 0 fully saturated rings. The Balaban J connectivity index is 2.37. The summed E-state index contributed by atoms with van der Waals surface area (Å²) < 4.78 is 5.53. The van der Waals surface area contributed by atoms with Crippen LogP contribution in [0.1, 0.15) is 5.56 Å². The lowest BCUT2D eigenvalue weighted by Gasteiger charge is -2.10. The van der Waals surface area contributed by atoms with Crippen molar-refractivity contribution in [1.82, 2.24) is 0 Å². The molecule has 6 heteroatoms. The monoisotopic (exact) mass is 300 g/mol. The zero-order chi connectivity index (χ0) is 16.0. The molecule has 0 unspecified atom stereocenters. The van der Waals surface area contributed by atoms with Gasteiger partial charge in [-0.05, 0) is 18.6 Å². The van der Waals surface area contributed by atoms with Crippen LogP contribution in [0.4, 0.5) is 0 Å².